The maximum absolute atomic E-state index is 11.1. The quantitative estimate of drug-likeness (QED) is 0.792. The minimum atomic E-state index is -4.06. The van der Waals surface area contributed by atoms with E-state index in [1.807, 2.05) is 6.07 Å². The van der Waals surface area contributed by atoms with Crippen LogP contribution in [0.2, 0.25) is 0 Å². The maximum Gasteiger partial charge on any atom is 0.264 e. The molecule has 2 heterocycles. The summed E-state index contributed by atoms with van der Waals surface area (Å²) in [5.74, 6) is 0.877. The molecule has 8 heteroatoms. The Morgan fingerprint density at radius 2 is 2.09 bits per heavy atom. The van der Waals surface area contributed by atoms with Crippen LogP contribution in [0.25, 0.3) is 0 Å². The second-order valence-corrected chi connectivity index (χ2v) is 7.18. The standard InChI is InChI=1S/C15H20O7S/c16-23(17,18)8-6-12(22-15-3-1-2-7-19-15)11-4-5-13-14(9-11)21-10-20-13/h4-5,9,12,15H,1-3,6-8,10H2,(H,16,17,18). The van der Waals surface area contributed by atoms with Crippen molar-refractivity contribution >= 4 is 10.1 Å². The van der Waals surface area contributed by atoms with E-state index < -0.39 is 16.2 Å². The topological polar surface area (TPSA) is 91.3 Å². The van der Waals surface area contributed by atoms with Crippen LogP contribution in [-0.4, -0.2) is 38.4 Å². The van der Waals surface area contributed by atoms with Crippen LogP contribution in [0.4, 0.5) is 0 Å². The van der Waals surface area contributed by atoms with Crippen LogP contribution in [0.3, 0.4) is 0 Å². The van der Waals surface area contributed by atoms with E-state index in [0.717, 1.165) is 24.8 Å². The zero-order chi connectivity index (χ0) is 16.3. The zero-order valence-electron chi connectivity index (χ0n) is 12.6. The van der Waals surface area contributed by atoms with Gasteiger partial charge in [-0.25, -0.2) is 0 Å². The monoisotopic (exact) mass is 344 g/mol. The highest BCUT2D eigenvalue weighted by Gasteiger charge is 2.24. The Labute approximate surface area is 135 Å². The molecule has 0 aliphatic carbocycles. The van der Waals surface area contributed by atoms with Gasteiger partial charge >= 0.3 is 0 Å². The normalized spacial score (nSPS) is 22.0. The van der Waals surface area contributed by atoms with Crippen molar-refractivity contribution in [1.82, 2.24) is 0 Å². The minimum Gasteiger partial charge on any atom is -0.454 e. The molecule has 1 aromatic rings. The predicted molar refractivity (Wildman–Crippen MR) is 81.0 cm³/mol. The fourth-order valence-corrected chi connectivity index (χ4v) is 3.20. The van der Waals surface area contributed by atoms with E-state index in [2.05, 4.69) is 0 Å². The molecule has 3 rings (SSSR count). The molecule has 2 aliphatic heterocycles. The van der Waals surface area contributed by atoms with Gasteiger partial charge in [-0.2, -0.15) is 8.42 Å². The Balaban J connectivity index is 1.75. The van der Waals surface area contributed by atoms with Gasteiger partial charge in [-0.1, -0.05) is 6.07 Å². The van der Waals surface area contributed by atoms with Crippen molar-refractivity contribution in [2.24, 2.45) is 0 Å². The molecule has 23 heavy (non-hydrogen) atoms. The molecule has 2 atom stereocenters. The summed E-state index contributed by atoms with van der Waals surface area (Å²) in [4.78, 5) is 0. The molecule has 0 spiro atoms. The zero-order valence-corrected chi connectivity index (χ0v) is 13.5. The first kappa shape index (κ1) is 16.5. The Kier molecular flexibility index (Phi) is 5.05. The van der Waals surface area contributed by atoms with E-state index in [4.69, 9.17) is 23.5 Å². The molecular weight excluding hydrogens is 324 g/mol. The fourth-order valence-electron chi connectivity index (χ4n) is 2.68. The number of hydrogen-bond donors (Lipinski definition) is 1. The lowest BCUT2D eigenvalue weighted by Crippen LogP contribution is -2.25. The summed E-state index contributed by atoms with van der Waals surface area (Å²) in [5.41, 5.74) is 0.770. The lowest BCUT2D eigenvalue weighted by atomic mass is 10.1. The van der Waals surface area contributed by atoms with Gasteiger partial charge in [0.05, 0.1) is 11.9 Å². The van der Waals surface area contributed by atoms with E-state index in [1.165, 1.54) is 0 Å². The van der Waals surface area contributed by atoms with Crippen molar-refractivity contribution in [3.05, 3.63) is 23.8 Å². The summed E-state index contributed by atoms with van der Waals surface area (Å²) in [6, 6.07) is 5.36. The van der Waals surface area contributed by atoms with E-state index in [-0.39, 0.29) is 25.3 Å². The number of rotatable bonds is 6. The molecule has 1 fully saturated rings. The third-order valence-electron chi connectivity index (χ3n) is 3.86. The van der Waals surface area contributed by atoms with E-state index in [9.17, 15) is 8.42 Å². The first-order valence-electron chi connectivity index (χ1n) is 7.63. The number of hydrogen-bond acceptors (Lipinski definition) is 6. The SMILES string of the molecule is O=S(=O)(O)CCC(OC1CCCCO1)c1ccc2c(c1)OCO2. The molecule has 1 saturated heterocycles. The van der Waals surface area contributed by atoms with Gasteiger partial charge in [-0.05, 0) is 43.4 Å². The van der Waals surface area contributed by atoms with Crippen LogP contribution >= 0.6 is 0 Å². The lowest BCUT2D eigenvalue weighted by Gasteiger charge is -2.28. The molecule has 0 radical (unpaired) electrons. The molecule has 0 aromatic heterocycles. The summed E-state index contributed by atoms with van der Waals surface area (Å²) >= 11 is 0. The van der Waals surface area contributed by atoms with Gasteiger partial charge in [-0.3, -0.25) is 4.55 Å². The van der Waals surface area contributed by atoms with Crippen LogP contribution in [0, 0.1) is 0 Å². The predicted octanol–water partition coefficient (Wildman–Crippen LogP) is 2.28. The molecule has 2 unspecified atom stereocenters. The van der Waals surface area contributed by atoms with E-state index in [1.54, 1.807) is 12.1 Å². The molecular formula is C15H20O7S. The highest BCUT2D eigenvalue weighted by molar-refractivity contribution is 7.85. The van der Waals surface area contributed by atoms with Gasteiger partial charge in [0, 0.05) is 6.61 Å². The third kappa shape index (κ3) is 4.57. The minimum absolute atomic E-state index is 0.137. The number of benzene rings is 1. The first-order chi connectivity index (χ1) is 11.0. The molecule has 0 amide bonds. The first-order valence-corrected chi connectivity index (χ1v) is 9.24. The van der Waals surface area contributed by atoms with Gasteiger partial charge in [0.15, 0.2) is 17.8 Å². The summed E-state index contributed by atoms with van der Waals surface area (Å²) in [7, 11) is -4.06. The summed E-state index contributed by atoms with van der Waals surface area (Å²) in [6.45, 7) is 0.803. The van der Waals surface area contributed by atoms with Crippen LogP contribution in [0.5, 0.6) is 11.5 Å². The lowest BCUT2D eigenvalue weighted by molar-refractivity contribution is -0.190. The van der Waals surface area contributed by atoms with Gasteiger partial charge in [0.1, 0.15) is 0 Å². The number of ether oxygens (including phenoxy) is 4. The van der Waals surface area contributed by atoms with E-state index >= 15 is 0 Å². The van der Waals surface area contributed by atoms with Crippen molar-refractivity contribution in [2.75, 3.05) is 19.2 Å². The van der Waals surface area contributed by atoms with Crippen LogP contribution < -0.4 is 9.47 Å². The average molecular weight is 344 g/mol. The highest BCUT2D eigenvalue weighted by atomic mass is 32.2. The maximum atomic E-state index is 11.1. The van der Waals surface area contributed by atoms with Crippen LogP contribution in [0.15, 0.2) is 18.2 Å². The second kappa shape index (κ2) is 7.04. The largest absolute Gasteiger partial charge is 0.454 e. The molecule has 1 aromatic carbocycles. The van der Waals surface area contributed by atoms with Crippen molar-refractivity contribution in [3.8, 4) is 11.5 Å². The second-order valence-electron chi connectivity index (χ2n) is 5.61. The van der Waals surface area contributed by atoms with Crippen LogP contribution in [-0.2, 0) is 19.6 Å². The highest BCUT2D eigenvalue weighted by Crippen LogP contribution is 2.36. The van der Waals surface area contributed by atoms with Crippen molar-refractivity contribution in [2.45, 2.75) is 38.1 Å². The fraction of sp³-hybridized carbons (Fsp3) is 0.600. The third-order valence-corrected chi connectivity index (χ3v) is 4.61. The van der Waals surface area contributed by atoms with Gasteiger partial charge < -0.3 is 18.9 Å². The molecule has 1 N–H and O–H groups in total. The Bertz CT molecular complexity index is 637. The van der Waals surface area contributed by atoms with Gasteiger partial charge in [0.25, 0.3) is 10.1 Å². The van der Waals surface area contributed by atoms with Gasteiger partial charge in [-0.15, -0.1) is 0 Å². The van der Waals surface area contributed by atoms with Crippen molar-refractivity contribution in [1.29, 1.82) is 0 Å². The molecule has 2 aliphatic rings. The van der Waals surface area contributed by atoms with Crippen LogP contribution in [0.1, 0.15) is 37.4 Å². The molecule has 128 valence electrons. The molecule has 0 bridgehead atoms. The Hall–Kier alpha value is -1.35. The molecule has 0 saturated carbocycles. The summed E-state index contributed by atoms with van der Waals surface area (Å²) < 4.78 is 53.3. The average Bonchev–Trinajstić information content (AvgIpc) is 2.99. The summed E-state index contributed by atoms with van der Waals surface area (Å²) in [5, 5.41) is 0. The van der Waals surface area contributed by atoms with Crippen molar-refractivity contribution < 1.29 is 31.9 Å². The van der Waals surface area contributed by atoms with Gasteiger partial charge in [0.2, 0.25) is 6.79 Å². The number of fused-ring (bicyclic) bond motifs is 1. The van der Waals surface area contributed by atoms with Crippen molar-refractivity contribution in [3.63, 3.8) is 0 Å². The molecule has 7 nitrogen and oxygen atoms in total. The summed E-state index contributed by atoms with van der Waals surface area (Å²) in [6.07, 6.45) is 2.05. The smallest absolute Gasteiger partial charge is 0.264 e. The Morgan fingerprint density at radius 3 is 2.83 bits per heavy atom. The Morgan fingerprint density at radius 1 is 1.26 bits per heavy atom. The van der Waals surface area contributed by atoms with E-state index in [0.29, 0.717) is 18.1 Å².